The number of amides is 1. The van der Waals surface area contributed by atoms with Gasteiger partial charge in [-0.25, -0.2) is 4.68 Å². The Morgan fingerprint density at radius 2 is 1.64 bits per heavy atom. The van der Waals surface area contributed by atoms with E-state index in [0.29, 0.717) is 17.3 Å². The summed E-state index contributed by atoms with van der Waals surface area (Å²) in [6, 6.07) is 4.89. The number of aromatic nitrogens is 2. The highest BCUT2D eigenvalue weighted by Crippen LogP contribution is 2.32. The lowest BCUT2D eigenvalue weighted by Gasteiger charge is -2.31. The number of alkyl halides is 3. The molecule has 5 rings (SSSR count). The number of nitrogens with zero attached hydrogens (tertiary/aromatic N) is 3. The number of benzene rings is 1. The van der Waals surface area contributed by atoms with Crippen LogP contribution in [0.3, 0.4) is 0 Å². The van der Waals surface area contributed by atoms with Crippen LogP contribution in [0.25, 0.3) is 0 Å². The Morgan fingerprint density at radius 3 is 2.17 bits per heavy atom. The maximum absolute atomic E-state index is 12.5. The molecule has 0 spiro atoms. The Bertz CT molecular complexity index is 1120. The van der Waals surface area contributed by atoms with Gasteiger partial charge in [0.2, 0.25) is 6.41 Å². The van der Waals surface area contributed by atoms with E-state index < -0.39 is 11.7 Å². The van der Waals surface area contributed by atoms with Crippen molar-refractivity contribution in [2.24, 2.45) is 13.0 Å². The molecule has 1 atom stereocenters. The number of carbonyl (C=O) groups is 1. The van der Waals surface area contributed by atoms with Crippen LogP contribution in [0.5, 0.6) is 0 Å². The second-order valence-electron chi connectivity index (χ2n) is 10.3. The van der Waals surface area contributed by atoms with E-state index >= 15 is 0 Å². The zero-order valence-corrected chi connectivity index (χ0v) is 24.7. The van der Waals surface area contributed by atoms with Gasteiger partial charge in [-0.15, -0.1) is 0 Å². The Hall–Kier alpha value is -2.67. The number of rotatable bonds is 6. The second-order valence-corrected chi connectivity index (χ2v) is 10.7. The first-order chi connectivity index (χ1) is 20.2. The maximum Gasteiger partial charge on any atom is 0.416 e. The van der Waals surface area contributed by atoms with Gasteiger partial charge in [0.25, 0.3) is 5.56 Å². The predicted molar refractivity (Wildman–Crippen MR) is 155 cm³/mol. The van der Waals surface area contributed by atoms with E-state index in [-0.39, 0.29) is 16.6 Å². The first-order valence-corrected chi connectivity index (χ1v) is 14.7. The lowest BCUT2D eigenvalue weighted by molar-refractivity contribution is -0.137. The molecule has 1 unspecified atom stereocenters. The lowest BCUT2D eigenvalue weighted by atomic mass is 9.94. The fraction of sp³-hybridized carbons (Fsp3) is 0.621. The molecule has 1 aromatic heterocycles. The summed E-state index contributed by atoms with van der Waals surface area (Å²) in [6.45, 7) is 5.49. The van der Waals surface area contributed by atoms with E-state index in [0.717, 1.165) is 110 Å². The molecule has 13 heteroatoms. The second kappa shape index (κ2) is 17.4. The molecule has 3 heterocycles. The molecule has 3 aliphatic rings. The Kier molecular flexibility index (Phi) is 14.1. The summed E-state index contributed by atoms with van der Waals surface area (Å²) in [7, 11) is 1.58. The van der Waals surface area contributed by atoms with Crippen molar-refractivity contribution in [2.45, 2.75) is 57.2 Å². The van der Waals surface area contributed by atoms with E-state index in [2.05, 4.69) is 10.4 Å². The van der Waals surface area contributed by atoms with Crippen LogP contribution >= 0.6 is 11.6 Å². The average Bonchev–Trinajstić information content (AvgIpc) is 3.02. The summed E-state index contributed by atoms with van der Waals surface area (Å²) in [5, 5.41) is 7.29. The van der Waals surface area contributed by atoms with Crippen LogP contribution in [-0.4, -0.2) is 68.4 Å². The number of hydrogen-bond acceptors (Lipinski definition) is 7. The molecule has 1 amide bonds. The highest BCUT2D eigenvalue weighted by atomic mass is 35.5. The summed E-state index contributed by atoms with van der Waals surface area (Å²) in [5.41, 5.74) is 0.164. The zero-order chi connectivity index (χ0) is 30.4. The number of nitrogens with one attached hydrogen (secondary N) is 1. The summed E-state index contributed by atoms with van der Waals surface area (Å²) in [5.74, 6) is 0.476. The Labute approximate surface area is 249 Å². The molecule has 234 valence electrons. The molecule has 2 aliphatic heterocycles. The number of ether oxygens (including phenoxy) is 3. The standard InChI is InChI=1S/C14H16F3NO.C11H16ClN3O2.C4H8O2/c15-14(16,17)11-6-8-13(9-7-11)18(10-19)12-4-2-1-3-5-12;1-15-11(16)10(12)9(6-14-15)13-5-8-3-2-4-17-7-8;1-2-6-4-3-5-1/h6-10,12H,1-5H2;6,8,13H,2-5,7H2,1H3;1-4H2. The van der Waals surface area contributed by atoms with Crippen LogP contribution in [0.2, 0.25) is 5.02 Å². The van der Waals surface area contributed by atoms with Crippen molar-refractivity contribution < 1.29 is 32.2 Å². The number of carbonyl (C=O) groups excluding carboxylic acids is 1. The van der Waals surface area contributed by atoms with Crippen LogP contribution in [0.15, 0.2) is 35.3 Å². The van der Waals surface area contributed by atoms with Gasteiger partial charge in [0, 0.05) is 31.9 Å². The third-order valence-corrected chi connectivity index (χ3v) is 7.60. The minimum absolute atomic E-state index is 0.114. The van der Waals surface area contributed by atoms with Gasteiger partial charge in [-0.05, 0) is 55.9 Å². The topological polar surface area (TPSA) is 94.9 Å². The average molecular weight is 617 g/mol. The van der Waals surface area contributed by atoms with Gasteiger partial charge in [-0.1, -0.05) is 30.9 Å². The fourth-order valence-electron chi connectivity index (χ4n) is 4.84. The van der Waals surface area contributed by atoms with Crippen molar-refractivity contribution in [3.63, 3.8) is 0 Å². The minimum Gasteiger partial charge on any atom is -0.382 e. The molecule has 1 aliphatic carbocycles. The molecule has 3 fully saturated rings. The van der Waals surface area contributed by atoms with Crippen LogP contribution in [0.4, 0.5) is 24.5 Å². The van der Waals surface area contributed by atoms with Gasteiger partial charge in [0.05, 0.1) is 50.5 Å². The van der Waals surface area contributed by atoms with Crippen LogP contribution < -0.4 is 15.8 Å². The van der Waals surface area contributed by atoms with Crippen LogP contribution in [0.1, 0.15) is 50.5 Å². The Morgan fingerprint density at radius 1 is 1.00 bits per heavy atom. The molecule has 2 aromatic rings. The van der Waals surface area contributed by atoms with Gasteiger partial charge >= 0.3 is 6.18 Å². The molecule has 9 nitrogen and oxygen atoms in total. The summed E-state index contributed by atoms with van der Waals surface area (Å²) in [4.78, 5) is 24.3. The third-order valence-electron chi connectivity index (χ3n) is 7.23. The minimum atomic E-state index is -4.34. The van der Waals surface area contributed by atoms with Gasteiger partial charge in [-0.2, -0.15) is 18.3 Å². The smallest absolute Gasteiger partial charge is 0.382 e. The van der Waals surface area contributed by atoms with E-state index in [1.54, 1.807) is 18.1 Å². The van der Waals surface area contributed by atoms with E-state index in [9.17, 15) is 22.8 Å². The largest absolute Gasteiger partial charge is 0.416 e. The Balaban J connectivity index is 0.000000193. The molecule has 42 heavy (non-hydrogen) atoms. The summed E-state index contributed by atoms with van der Waals surface area (Å²) >= 11 is 5.95. The van der Waals surface area contributed by atoms with Crippen molar-refractivity contribution in [1.82, 2.24) is 9.78 Å². The van der Waals surface area contributed by atoms with E-state index in [4.69, 9.17) is 25.8 Å². The van der Waals surface area contributed by atoms with Crippen LogP contribution in [0, 0.1) is 5.92 Å². The number of hydrogen-bond donors (Lipinski definition) is 1. The first-order valence-electron chi connectivity index (χ1n) is 14.3. The van der Waals surface area contributed by atoms with E-state index in [1.807, 2.05) is 0 Å². The molecule has 1 saturated carbocycles. The molecule has 2 saturated heterocycles. The van der Waals surface area contributed by atoms with Crippen molar-refractivity contribution >= 4 is 29.4 Å². The van der Waals surface area contributed by atoms with Crippen molar-refractivity contribution in [3.05, 3.63) is 51.4 Å². The molecule has 1 aromatic carbocycles. The van der Waals surface area contributed by atoms with Crippen LogP contribution in [-0.2, 0) is 32.2 Å². The third kappa shape index (κ3) is 10.9. The maximum atomic E-state index is 12.5. The number of anilines is 2. The quantitative estimate of drug-likeness (QED) is 0.440. The lowest BCUT2D eigenvalue weighted by Crippen LogP contribution is -2.35. The normalized spacial score (nSPS) is 19.4. The zero-order valence-electron chi connectivity index (χ0n) is 23.9. The van der Waals surface area contributed by atoms with E-state index in [1.165, 1.54) is 16.8 Å². The highest BCUT2D eigenvalue weighted by molar-refractivity contribution is 6.32. The monoisotopic (exact) mass is 616 g/mol. The van der Waals surface area contributed by atoms with Crippen molar-refractivity contribution in [3.8, 4) is 0 Å². The van der Waals surface area contributed by atoms with Crippen molar-refractivity contribution in [2.75, 3.05) is 56.4 Å². The van der Waals surface area contributed by atoms with Crippen molar-refractivity contribution in [1.29, 1.82) is 0 Å². The fourth-order valence-corrected chi connectivity index (χ4v) is 5.07. The predicted octanol–water partition coefficient (Wildman–Crippen LogP) is 5.31. The summed E-state index contributed by atoms with van der Waals surface area (Å²) in [6.07, 6.45) is 5.32. The van der Waals surface area contributed by atoms with Gasteiger partial charge in [0.15, 0.2) is 0 Å². The van der Waals surface area contributed by atoms with Gasteiger partial charge in [0.1, 0.15) is 5.02 Å². The number of aryl methyl sites for hydroxylation is 1. The van der Waals surface area contributed by atoms with Gasteiger partial charge < -0.3 is 24.4 Å². The molecular weight excluding hydrogens is 577 g/mol. The molecule has 1 N–H and O–H groups in total. The summed E-state index contributed by atoms with van der Waals surface area (Å²) < 4.78 is 53.9. The van der Waals surface area contributed by atoms with Gasteiger partial charge in [-0.3, -0.25) is 9.59 Å². The molecular formula is C29H40ClF3N4O5. The molecule has 0 bridgehead atoms. The highest BCUT2D eigenvalue weighted by Gasteiger charge is 2.30. The SMILES string of the molecule is C1COCCO1.Cn1ncc(NCC2CCCOC2)c(Cl)c1=O.O=CN(c1ccc(C(F)(F)F)cc1)C1CCCCC1. The number of halogens is 4. The first kappa shape index (κ1) is 33.8. The molecule has 0 radical (unpaired) electrons.